The van der Waals surface area contributed by atoms with Crippen LogP contribution in [0.1, 0.15) is 17.4 Å². The number of carbonyl (C=O) groups is 1. The van der Waals surface area contributed by atoms with E-state index in [1.54, 1.807) is 6.92 Å². The highest BCUT2D eigenvalue weighted by Gasteiger charge is 2.19. The van der Waals surface area contributed by atoms with Crippen molar-refractivity contribution in [2.75, 3.05) is 13.6 Å². The number of aromatic amines is 1. The van der Waals surface area contributed by atoms with Crippen LogP contribution < -0.4 is 0 Å². The topological polar surface area (TPSA) is 99.5 Å². The molecule has 2 N–H and O–H groups in total. The predicted octanol–water partition coefficient (Wildman–Crippen LogP) is 0.376. The van der Waals surface area contributed by atoms with Crippen LogP contribution in [0.3, 0.4) is 0 Å². The Kier molecular flexibility index (Phi) is 3.62. The molecule has 7 heteroatoms. The van der Waals surface area contributed by atoms with Crippen molar-refractivity contribution < 1.29 is 14.8 Å². The fourth-order valence-corrected chi connectivity index (χ4v) is 1.30. The number of aromatic nitrogens is 1. The van der Waals surface area contributed by atoms with E-state index < -0.39 is 16.9 Å². The second-order valence-corrected chi connectivity index (χ2v) is 3.55. The number of nitro groups is 1. The summed E-state index contributed by atoms with van der Waals surface area (Å²) in [5.41, 5.74) is 0.134. The van der Waals surface area contributed by atoms with Crippen LogP contribution in [0.25, 0.3) is 0 Å². The first kappa shape index (κ1) is 12.2. The Morgan fingerprint density at radius 3 is 2.75 bits per heavy atom. The van der Waals surface area contributed by atoms with Crippen molar-refractivity contribution in [2.24, 2.45) is 0 Å². The molecule has 0 spiro atoms. The fraction of sp³-hybridized carbons (Fsp3) is 0.444. The van der Waals surface area contributed by atoms with Gasteiger partial charge in [0.25, 0.3) is 5.91 Å². The molecule has 1 unspecified atom stereocenters. The lowest BCUT2D eigenvalue weighted by Gasteiger charge is -2.16. The molecule has 0 aliphatic rings. The van der Waals surface area contributed by atoms with Gasteiger partial charge in [0.2, 0.25) is 0 Å². The van der Waals surface area contributed by atoms with E-state index in [-0.39, 0.29) is 18.1 Å². The van der Waals surface area contributed by atoms with Crippen LogP contribution in [0, 0.1) is 10.1 Å². The number of aliphatic hydroxyl groups excluding tert-OH is 1. The molecule has 0 aromatic carbocycles. The lowest BCUT2D eigenvalue weighted by molar-refractivity contribution is -0.389. The van der Waals surface area contributed by atoms with Crippen LogP contribution in [-0.4, -0.2) is 45.5 Å². The molecule has 7 nitrogen and oxygen atoms in total. The molecule has 0 fully saturated rings. The first-order valence-electron chi connectivity index (χ1n) is 4.68. The van der Waals surface area contributed by atoms with Gasteiger partial charge in [0.1, 0.15) is 0 Å². The zero-order valence-corrected chi connectivity index (χ0v) is 9.01. The zero-order chi connectivity index (χ0) is 12.3. The zero-order valence-electron chi connectivity index (χ0n) is 9.01. The molecule has 88 valence electrons. The maximum atomic E-state index is 11.7. The average molecular weight is 227 g/mol. The van der Waals surface area contributed by atoms with Crippen molar-refractivity contribution in [3.05, 3.63) is 27.9 Å². The highest BCUT2D eigenvalue weighted by Crippen LogP contribution is 2.11. The van der Waals surface area contributed by atoms with Crippen molar-refractivity contribution in [1.29, 1.82) is 0 Å². The first-order valence-corrected chi connectivity index (χ1v) is 4.68. The SMILES string of the molecule is CC(O)CN(C)C(=O)c1ccc([N+](=O)[O-])[nH]1. The van der Waals surface area contributed by atoms with E-state index in [1.165, 1.54) is 24.1 Å². The molecule has 16 heavy (non-hydrogen) atoms. The maximum Gasteiger partial charge on any atom is 0.321 e. The molecule has 1 aromatic rings. The van der Waals surface area contributed by atoms with Crippen molar-refractivity contribution >= 4 is 11.7 Å². The van der Waals surface area contributed by atoms with Crippen molar-refractivity contribution in [1.82, 2.24) is 9.88 Å². The van der Waals surface area contributed by atoms with Crippen molar-refractivity contribution in [3.8, 4) is 0 Å². The molecule has 1 aromatic heterocycles. The minimum atomic E-state index is -0.640. The Hall–Kier alpha value is -1.89. The minimum absolute atomic E-state index is 0.134. The average Bonchev–Trinajstić information content (AvgIpc) is 2.64. The molecule has 0 bridgehead atoms. The number of amides is 1. The number of likely N-dealkylation sites (N-methyl/N-ethyl adjacent to an activating group) is 1. The number of aliphatic hydroxyl groups is 1. The number of hydrogen-bond donors (Lipinski definition) is 2. The van der Waals surface area contributed by atoms with Gasteiger partial charge in [-0.3, -0.25) is 4.79 Å². The third kappa shape index (κ3) is 2.80. The Bertz CT molecular complexity index is 399. The van der Waals surface area contributed by atoms with Gasteiger partial charge in [0.15, 0.2) is 5.69 Å². The number of nitrogens with zero attached hydrogens (tertiary/aromatic N) is 2. The summed E-state index contributed by atoms with van der Waals surface area (Å²) in [6, 6.07) is 2.57. The van der Waals surface area contributed by atoms with Gasteiger partial charge in [-0.2, -0.15) is 0 Å². The highest BCUT2D eigenvalue weighted by atomic mass is 16.6. The summed E-state index contributed by atoms with van der Waals surface area (Å²) in [5, 5.41) is 19.5. The summed E-state index contributed by atoms with van der Waals surface area (Å²) in [7, 11) is 1.52. The summed E-state index contributed by atoms with van der Waals surface area (Å²) in [6.07, 6.45) is -0.640. The lowest BCUT2D eigenvalue weighted by atomic mass is 10.3. The first-order chi connectivity index (χ1) is 7.41. The van der Waals surface area contributed by atoms with E-state index in [0.29, 0.717) is 0 Å². The van der Waals surface area contributed by atoms with Gasteiger partial charge in [-0.25, -0.2) is 4.98 Å². The fourth-order valence-electron chi connectivity index (χ4n) is 1.30. The van der Waals surface area contributed by atoms with Crippen molar-refractivity contribution in [3.63, 3.8) is 0 Å². The molecule has 1 heterocycles. The van der Waals surface area contributed by atoms with E-state index in [0.717, 1.165) is 0 Å². The standard InChI is InChI=1S/C9H13N3O4/c1-6(13)5-11(2)9(14)7-3-4-8(10-7)12(15)16/h3-4,6,10,13H,5H2,1-2H3. The second kappa shape index (κ2) is 4.75. The minimum Gasteiger partial charge on any atom is -0.392 e. The lowest BCUT2D eigenvalue weighted by Crippen LogP contribution is -2.33. The Morgan fingerprint density at radius 2 is 2.31 bits per heavy atom. The van der Waals surface area contributed by atoms with Crippen LogP contribution in [0.2, 0.25) is 0 Å². The normalized spacial score (nSPS) is 12.2. The number of rotatable bonds is 4. The number of hydrogen-bond acceptors (Lipinski definition) is 4. The summed E-state index contributed by atoms with van der Waals surface area (Å²) < 4.78 is 0. The molecule has 0 saturated carbocycles. The van der Waals surface area contributed by atoms with Crippen LogP contribution in [-0.2, 0) is 0 Å². The Labute approximate surface area is 91.8 Å². The monoisotopic (exact) mass is 227 g/mol. The molecule has 1 atom stereocenters. The van der Waals surface area contributed by atoms with Crippen LogP contribution in [0.15, 0.2) is 12.1 Å². The van der Waals surface area contributed by atoms with Gasteiger partial charge in [0, 0.05) is 19.7 Å². The summed E-state index contributed by atoms with van der Waals surface area (Å²) in [5.74, 6) is -0.622. The number of H-pyrrole nitrogens is 1. The smallest absolute Gasteiger partial charge is 0.321 e. The van der Waals surface area contributed by atoms with Gasteiger partial charge in [-0.05, 0) is 17.9 Å². The Morgan fingerprint density at radius 1 is 1.69 bits per heavy atom. The summed E-state index contributed by atoms with van der Waals surface area (Å²) in [4.78, 5) is 25.2. The maximum absolute atomic E-state index is 11.7. The molecule has 0 radical (unpaired) electrons. The van der Waals surface area contributed by atoms with Gasteiger partial charge in [-0.15, -0.1) is 0 Å². The van der Waals surface area contributed by atoms with Crippen LogP contribution >= 0.6 is 0 Å². The molecule has 0 saturated heterocycles. The molecular formula is C9H13N3O4. The van der Waals surface area contributed by atoms with Gasteiger partial charge >= 0.3 is 5.82 Å². The van der Waals surface area contributed by atoms with Gasteiger partial charge in [0.05, 0.1) is 6.10 Å². The molecule has 0 aliphatic carbocycles. The van der Waals surface area contributed by atoms with Gasteiger partial charge < -0.3 is 20.1 Å². The third-order valence-electron chi connectivity index (χ3n) is 1.98. The van der Waals surface area contributed by atoms with Crippen LogP contribution in [0.5, 0.6) is 0 Å². The van der Waals surface area contributed by atoms with E-state index in [4.69, 9.17) is 5.11 Å². The van der Waals surface area contributed by atoms with Crippen LogP contribution in [0.4, 0.5) is 5.82 Å². The Balaban J connectivity index is 2.76. The summed E-state index contributed by atoms with van der Waals surface area (Å²) >= 11 is 0. The second-order valence-electron chi connectivity index (χ2n) is 3.55. The molecule has 1 amide bonds. The summed E-state index contributed by atoms with van der Waals surface area (Å²) in [6.45, 7) is 1.73. The number of nitrogens with one attached hydrogen (secondary N) is 1. The number of carbonyl (C=O) groups excluding carboxylic acids is 1. The van der Waals surface area contributed by atoms with E-state index in [2.05, 4.69) is 4.98 Å². The predicted molar refractivity (Wildman–Crippen MR) is 56.1 cm³/mol. The van der Waals surface area contributed by atoms with Gasteiger partial charge in [-0.1, -0.05) is 0 Å². The van der Waals surface area contributed by atoms with E-state index in [9.17, 15) is 14.9 Å². The molecule has 1 rings (SSSR count). The molecule has 0 aliphatic heterocycles. The third-order valence-corrected chi connectivity index (χ3v) is 1.98. The quantitative estimate of drug-likeness (QED) is 0.573. The highest BCUT2D eigenvalue weighted by molar-refractivity contribution is 5.92. The van der Waals surface area contributed by atoms with E-state index >= 15 is 0 Å². The largest absolute Gasteiger partial charge is 0.392 e. The molecular weight excluding hydrogens is 214 g/mol. The van der Waals surface area contributed by atoms with Crippen molar-refractivity contribution in [2.45, 2.75) is 13.0 Å². The van der Waals surface area contributed by atoms with E-state index in [1.807, 2.05) is 0 Å².